The molecule has 2 rings (SSSR count). The van der Waals surface area contributed by atoms with Crippen LogP contribution in [0.4, 0.5) is 5.82 Å². The van der Waals surface area contributed by atoms with Gasteiger partial charge in [0.1, 0.15) is 5.82 Å². The molecule has 0 amide bonds. The summed E-state index contributed by atoms with van der Waals surface area (Å²) in [6, 6.07) is 11.9. The normalized spacial score (nSPS) is 11.2. The van der Waals surface area contributed by atoms with E-state index in [-0.39, 0.29) is 0 Å². The lowest BCUT2D eigenvalue weighted by Crippen LogP contribution is -2.38. The zero-order chi connectivity index (χ0) is 17.4. The average molecular weight is 346 g/mol. The van der Waals surface area contributed by atoms with E-state index >= 15 is 0 Å². The topological polar surface area (TPSA) is 52.6 Å². The molecular formula is C18H24ClN5. The Labute approximate surface area is 148 Å². The van der Waals surface area contributed by atoms with Crippen molar-refractivity contribution < 1.29 is 0 Å². The SMILES string of the molecule is CN=C(NCCc1ccc(Cl)cc1)NCc1cccnc1N(C)C. The van der Waals surface area contributed by atoms with E-state index in [9.17, 15) is 0 Å². The molecule has 0 aliphatic carbocycles. The minimum Gasteiger partial charge on any atom is -0.362 e. The number of aromatic nitrogens is 1. The molecule has 5 nitrogen and oxygen atoms in total. The van der Waals surface area contributed by atoms with Crippen LogP contribution in [0.1, 0.15) is 11.1 Å². The van der Waals surface area contributed by atoms with Crippen LogP contribution in [-0.4, -0.2) is 38.6 Å². The van der Waals surface area contributed by atoms with E-state index in [4.69, 9.17) is 11.6 Å². The fourth-order valence-corrected chi connectivity index (χ4v) is 2.47. The highest BCUT2D eigenvalue weighted by molar-refractivity contribution is 6.30. The van der Waals surface area contributed by atoms with E-state index in [1.165, 1.54) is 5.56 Å². The van der Waals surface area contributed by atoms with Crippen LogP contribution in [0.2, 0.25) is 5.02 Å². The lowest BCUT2D eigenvalue weighted by atomic mass is 10.1. The second-order valence-corrected chi connectivity index (χ2v) is 6.05. The Morgan fingerprint density at radius 3 is 2.58 bits per heavy atom. The smallest absolute Gasteiger partial charge is 0.191 e. The third-order valence-electron chi connectivity index (χ3n) is 3.58. The molecule has 0 unspecified atom stereocenters. The van der Waals surface area contributed by atoms with Gasteiger partial charge in [-0.2, -0.15) is 0 Å². The molecule has 0 bridgehead atoms. The van der Waals surface area contributed by atoms with Gasteiger partial charge in [0.05, 0.1) is 0 Å². The average Bonchev–Trinajstić information content (AvgIpc) is 2.59. The highest BCUT2D eigenvalue weighted by atomic mass is 35.5. The molecular weight excluding hydrogens is 322 g/mol. The zero-order valence-corrected chi connectivity index (χ0v) is 15.1. The predicted molar refractivity (Wildman–Crippen MR) is 102 cm³/mol. The largest absolute Gasteiger partial charge is 0.362 e. The molecule has 0 aliphatic rings. The van der Waals surface area contributed by atoms with Gasteiger partial charge in [-0.05, 0) is 30.2 Å². The molecule has 6 heteroatoms. The molecule has 24 heavy (non-hydrogen) atoms. The number of nitrogens with one attached hydrogen (secondary N) is 2. The van der Waals surface area contributed by atoms with Crippen molar-refractivity contribution in [2.75, 3.05) is 32.6 Å². The van der Waals surface area contributed by atoms with Gasteiger partial charge in [-0.3, -0.25) is 4.99 Å². The number of hydrogen-bond donors (Lipinski definition) is 2. The van der Waals surface area contributed by atoms with E-state index < -0.39 is 0 Å². The summed E-state index contributed by atoms with van der Waals surface area (Å²) in [6.45, 7) is 1.47. The van der Waals surface area contributed by atoms with Gasteiger partial charge in [0.25, 0.3) is 0 Å². The van der Waals surface area contributed by atoms with Crippen LogP contribution in [-0.2, 0) is 13.0 Å². The minimum atomic E-state index is 0.669. The Bertz CT molecular complexity index is 667. The first-order valence-corrected chi connectivity index (χ1v) is 8.28. The molecule has 0 atom stereocenters. The number of rotatable bonds is 6. The summed E-state index contributed by atoms with van der Waals surface area (Å²) in [5.41, 5.74) is 2.37. The minimum absolute atomic E-state index is 0.669. The maximum Gasteiger partial charge on any atom is 0.191 e. The molecule has 1 heterocycles. The molecule has 1 aromatic carbocycles. The van der Waals surface area contributed by atoms with Crippen molar-refractivity contribution in [3.63, 3.8) is 0 Å². The number of pyridine rings is 1. The van der Waals surface area contributed by atoms with Gasteiger partial charge in [-0.25, -0.2) is 4.98 Å². The number of nitrogens with zero attached hydrogens (tertiary/aromatic N) is 3. The Balaban J connectivity index is 1.84. The number of anilines is 1. The summed E-state index contributed by atoms with van der Waals surface area (Å²) < 4.78 is 0. The number of benzene rings is 1. The first kappa shape index (κ1) is 18.1. The summed E-state index contributed by atoms with van der Waals surface area (Å²) in [4.78, 5) is 10.7. The summed E-state index contributed by atoms with van der Waals surface area (Å²) in [5, 5.41) is 7.41. The third kappa shape index (κ3) is 5.42. The number of guanidine groups is 1. The fraction of sp³-hybridized carbons (Fsp3) is 0.333. The van der Waals surface area contributed by atoms with E-state index in [0.29, 0.717) is 6.54 Å². The van der Waals surface area contributed by atoms with Gasteiger partial charge < -0.3 is 15.5 Å². The Hall–Kier alpha value is -2.27. The molecule has 0 saturated carbocycles. The van der Waals surface area contributed by atoms with Crippen LogP contribution in [0.5, 0.6) is 0 Å². The highest BCUT2D eigenvalue weighted by Gasteiger charge is 2.06. The molecule has 0 saturated heterocycles. The Morgan fingerprint density at radius 2 is 1.92 bits per heavy atom. The third-order valence-corrected chi connectivity index (χ3v) is 3.83. The van der Waals surface area contributed by atoms with Crippen LogP contribution >= 0.6 is 11.6 Å². The van der Waals surface area contributed by atoms with Crippen molar-refractivity contribution in [1.82, 2.24) is 15.6 Å². The van der Waals surface area contributed by atoms with E-state index in [1.54, 1.807) is 13.2 Å². The maximum atomic E-state index is 5.90. The Kier molecular flexibility index (Phi) is 6.88. The van der Waals surface area contributed by atoms with Crippen LogP contribution in [0.25, 0.3) is 0 Å². The van der Waals surface area contributed by atoms with Gasteiger partial charge in [-0.15, -0.1) is 0 Å². The van der Waals surface area contributed by atoms with Gasteiger partial charge >= 0.3 is 0 Å². The van der Waals surface area contributed by atoms with E-state index in [0.717, 1.165) is 35.3 Å². The van der Waals surface area contributed by atoms with Crippen molar-refractivity contribution in [3.8, 4) is 0 Å². The maximum absolute atomic E-state index is 5.90. The monoisotopic (exact) mass is 345 g/mol. The lowest BCUT2D eigenvalue weighted by Gasteiger charge is -2.17. The summed E-state index contributed by atoms with van der Waals surface area (Å²) >= 11 is 5.90. The molecule has 1 aromatic heterocycles. The fourth-order valence-electron chi connectivity index (χ4n) is 2.35. The molecule has 0 fully saturated rings. The zero-order valence-electron chi connectivity index (χ0n) is 14.4. The second-order valence-electron chi connectivity index (χ2n) is 5.61. The number of halogens is 1. The van der Waals surface area contributed by atoms with Crippen molar-refractivity contribution in [3.05, 3.63) is 58.7 Å². The van der Waals surface area contributed by atoms with Gasteiger partial charge in [0.15, 0.2) is 5.96 Å². The van der Waals surface area contributed by atoms with Crippen molar-refractivity contribution in [2.45, 2.75) is 13.0 Å². The molecule has 2 N–H and O–H groups in total. The van der Waals surface area contributed by atoms with Crippen LogP contribution in [0, 0.1) is 0 Å². The first-order chi connectivity index (χ1) is 11.6. The van der Waals surface area contributed by atoms with E-state index in [1.807, 2.05) is 49.3 Å². The summed E-state index contributed by atoms with van der Waals surface area (Å²) in [5.74, 6) is 1.74. The summed E-state index contributed by atoms with van der Waals surface area (Å²) in [7, 11) is 5.75. The van der Waals surface area contributed by atoms with Gasteiger partial charge in [-0.1, -0.05) is 29.8 Å². The molecule has 0 spiro atoms. The molecule has 128 valence electrons. The molecule has 0 radical (unpaired) electrons. The second kappa shape index (κ2) is 9.13. The first-order valence-electron chi connectivity index (χ1n) is 7.90. The Morgan fingerprint density at radius 1 is 1.17 bits per heavy atom. The molecule has 0 aliphatic heterocycles. The van der Waals surface area contributed by atoms with Crippen LogP contribution in [0.15, 0.2) is 47.6 Å². The van der Waals surface area contributed by atoms with Crippen LogP contribution in [0.3, 0.4) is 0 Å². The lowest BCUT2D eigenvalue weighted by molar-refractivity contribution is 0.791. The van der Waals surface area contributed by atoms with E-state index in [2.05, 4.69) is 26.7 Å². The highest BCUT2D eigenvalue weighted by Crippen LogP contribution is 2.13. The van der Waals surface area contributed by atoms with Crippen molar-refractivity contribution in [2.24, 2.45) is 4.99 Å². The van der Waals surface area contributed by atoms with Crippen LogP contribution < -0.4 is 15.5 Å². The standard InChI is InChI=1S/C18H24ClN5/c1-20-18(22-12-10-14-6-8-16(19)9-7-14)23-13-15-5-4-11-21-17(15)24(2)3/h4-9,11H,10,12-13H2,1-3H3,(H2,20,22,23). The number of hydrogen-bond acceptors (Lipinski definition) is 3. The van der Waals surface area contributed by atoms with Crippen molar-refractivity contribution in [1.29, 1.82) is 0 Å². The van der Waals surface area contributed by atoms with Gasteiger partial charge in [0, 0.05) is 51.0 Å². The summed E-state index contributed by atoms with van der Waals surface area (Å²) in [6.07, 6.45) is 2.71. The quantitative estimate of drug-likeness (QED) is 0.624. The predicted octanol–water partition coefficient (Wildman–Crippen LogP) is 2.71. The van der Waals surface area contributed by atoms with Crippen molar-refractivity contribution >= 4 is 23.4 Å². The van der Waals surface area contributed by atoms with Gasteiger partial charge in [0.2, 0.25) is 0 Å². The molecule has 2 aromatic rings. The number of aliphatic imine (C=N–C) groups is 1.